The van der Waals surface area contributed by atoms with Crippen LogP contribution in [0.5, 0.6) is 0 Å². The van der Waals surface area contributed by atoms with Crippen molar-refractivity contribution in [3.05, 3.63) is 109 Å². The van der Waals surface area contributed by atoms with E-state index in [0.29, 0.717) is 17.0 Å². The number of hydrogen-bond donors (Lipinski definition) is 3. The van der Waals surface area contributed by atoms with Crippen molar-refractivity contribution >= 4 is 27.6 Å². The minimum atomic E-state index is -0.288. The SMILES string of the molecule is C=C/C(=C\C(=C/C)c1ccc2[nH]nc(-c3nc4c(-c5cccc(F)c5)cccc4[nH]3)c2n1)NC(=C)CCC. The van der Waals surface area contributed by atoms with Crippen LogP contribution in [0.4, 0.5) is 4.39 Å². The normalized spacial score (nSPS) is 12.3. The van der Waals surface area contributed by atoms with Crippen LogP contribution in [0.2, 0.25) is 0 Å². The Morgan fingerprint density at radius 3 is 2.66 bits per heavy atom. The van der Waals surface area contributed by atoms with Crippen molar-refractivity contribution in [2.75, 3.05) is 0 Å². The van der Waals surface area contributed by atoms with E-state index in [0.717, 1.165) is 63.2 Å². The number of fused-ring (bicyclic) bond motifs is 2. The molecule has 3 aromatic heterocycles. The summed E-state index contributed by atoms with van der Waals surface area (Å²) < 4.78 is 13.9. The summed E-state index contributed by atoms with van der Waals surface area (Å²) in [6.45, 7) is 12.1. The Morgan fingerprint density at radius 1 is 1.05 bits per heavy atom. The van der Waals surface area contributed by atoms with Gasteiger partial charge in [0.05, 0.1) is 22.2 Å². The number of benzene rings is 2. The molecule has 0 aliphatic rings. The van der Waals surface area contributed by atoms with Gasteiger partial charge in [-0.25, -0.2) is 14.4 Å². The second-order valence-corrected chi connectivity index (χ2v) is 8.99. The Labute approximate surface area is 220 Å². The molecule has 0 unspecified atom stereocenters. The van der Waals surface area contributed by atoms with Crippen molar-refractivity contribution < 1.29 is 4.39 Å². The average Bonchev–Trinajstić information content (AvgIpc) is 3.54. The molecule has 3 N–H and O–H groups in total. The van der Waals surface area contributed by atoms with E-state index in [1.54, 1.807) is 12.1 Å². The van der Waals surface area contributed by atoms with Gasteiger partial charge in [-0.15, -0.1) is 0 Å². The fourth-order valence-corrected chi connectivity index (χ4v) is 4.45. The summed E-state index contributed by atoms with van der Waals surface area (Å²) in [6, 6.07) is 16.2. The number of halogens is 1. The number of imidazole rings is 1. The third kappa shape index (κ3) is 4.91. The molecular weight excluding hydrogens is 475 g/mol. The lowest BCUT2D eigenvalue weighted by atomic mass is 10.0. The molecule has 0 spiro atoms. The van der Waals surface area contributed by atoms with Crippen LogP contribution in [-0.4, -0.2) is 25.1 Å². The number of rotatable bonds is 9. The van der Waals surface area contributed by atoms with Gasteiger partial charge >= 0.3 is 0 Å². The number of allylic oxidation sites excluding steroid dienone is 5. The predicted molar refractivity (Wildman–Crippen MR) is 153 cm³/mol. The summed E-state index contributed by atoms with van der Waals surface area (Å²) in [5, 5.41) is 10.9. The van der Waals surface area contributed by atoms with Crippen LogP contribution >= 0.6 is 0 Å². The zero-order valence-electron chi connectivity index (χ0n) is 21.5. The molecule has 0 radical (unpaired) electrons. The van der Waals surface area contributed by atoms with Gasteiger partial charge in [-0.3, -0.25) is 5.10 Å². The summed E-state index contributed by atoms with van der Waals surface area (Å²) in [6.07, 6.45) is 7.69. The molecule has 0 saturated carbocycles. The molecule has 0 bridgehead atoms. The summed E-state index contributed by atoms with van der Waals surface area (Å²) in [4.78, 5) is 13.2. The van der Waals surface area contributed by atoms with Crippen LogP contribution in [0.15, 0.2) is 97.4 Å². The third-order valence-electron chi connectivity index (χ3n) is 6.29. The highest BCUT2D eigenvalue weighted by Crippen LogP contribution is 2.32. The molecule has 38 heavy (non-hydrogen) atoms. The fourth-order valence-electron chi connectivity index (χ4n) is 4.45. The number of H-pyrrole nitrogens is 2. The lowest BCUT2D eigenvalue weighted by Crippen LogP contribution is -2.10. The van der Waals surface area contributed by atoms with Gasteiger partial charge in [0.1, 0.15) is 11.3 Å². The molecule has 5 aromatic rings. The average molecular weight is 505 g/mol. The molecule has 0 amide bonds. The predicted octanol–water partition coefficient (Wildman–Crippen LogP) is 7.68. The van der Waals surface area contributed by atoms with Gasteiger partial charge in [-0.2, -0.15) is 5.10 Å². The molecule has 6 nitrogen and oxygen atoms in total. The van der Waals surface area contributed by atoms with E-state index in [9.17, 15) is 4.39 Å². The van der Waals surface area contributed by atoms with Crippen LogP contribution in [0.3, 0.4) is 0 Å². The molecule has 0 saturated heterocycles. The second kappa shape index (κ2) is 10.7. The first-order valence-corrected chi connectivity index (χ1v) is 12.6. The summed E-state index contributed by atoms with van der Waals surface area (Å²) in [5.41, 5.74) is 8.81. The Hall–Kier alpha value is -4.78. The second-order valence-electron chi connectivity index (χ2n) is 8.99. The van der Waals surface area contributed by atoms with Crippen molar-refractivity contribution in [2.45, 2.75) is 26.7 Å². The largest absolute Gasteiger partial charge is 0.359 e. The van der Waals surface area contributed by atoms with E-state index in [-0.39, 0.29) is 5.82 Å². The van der Waals surface area contributed by atoms with Crippen molar-refractivity contribution in [3.63, 3.8) is 0 Å². The number of hydrogen-bond acceptors (Lipinski definition) is 4. The Kier molecular flexibility index (Phi) is 7.00. The molecule has 0 aliphatic heterocycles. The summed E-state index contributed by atoms with van der Waals surface area (Å²) in [7, 11) is 0. The third-order valence-corrected chi connectivity index (χ3v) is 6.29. The van der Waals surface area contributed by atoms with Crippen molar-refractivity contribution in [1.29, 1.82) is 0 Å². The van der Waals surface area contributed by atoms with Crippen LogP contribution in [-0.2, 0) is 0 Å². The standard InChI is InChI=1S/C31H29FN6/c1-5-10-19(4)33-23(7-3)18-20(6-2)25-15-16-27-29(34-25)30(38-37-27)31-35-26-14-9-13-24(28(26)36-31)21-11-8-12-22(32)17-21/h6-9,11-18,33H,3-5,10H2,1-2H3,(H,35,36)(H,37,38)/b20-6+,23-18+. The number of nitrogens with zero attached hydrogens (tertiary/aromatic N) is 3. The first kappa shape index (κ1) is 24.9. The number of aromatic amines is 2. The number of nitrogens with one attached hydrogen (secondary N) is 3. The lowest BCUT2D eigenvalue weighted by Gasteiger charge is -2.11. The Bertz CT molecular complexity index is 1720. The van der Waals surface area contributed by atoms with Gasteiger partial charge in [-0.1, -0.05) is 56.8 Å². The van der Waals surface area contributed by atoms with Crippen LogP contribution in [0.25, 0.3) is 50.3 Å². The maximum Gasteiger partial charge on any atom is 0.161 e. The van der Waals surface area contributed by atoms with Gasteiger partial charge in [0, 0.05) is 17.0 Å². The highest BCUT2D eigenvalue weighted by Gasteiger charge is 2.17. The maximum absolute atomic E-state index is 13.9. The molecule has 0 atom stereocenters. The first-order chi connectivity index (χ1) is 18.5. The van der Waals surface area contributed by atoms with Crippen LogP contribution < -0.4 is 5.32 Å². The minimum absolute atomic E-state index is 0.288. The van der Waals surface area contributed by atoms with Gasteiger partial charge in [-0.05, 0) is 67.0 Å². The summed E-state index contributed by atoms with van der Waals surface area (Å²) in [5.74, 6) is 0.297. The van der Waals surface area contributed by atoms with Gasteiger partial charge in [0.2, 0.25) is 0 Å². The monoisotopic (exact) mass is 504 g/mol. The number of para-hydroxylation sites is 1. The zero-order chi connectivity index (χ0) is 26.6. The first-order valence-electron chi connectivity index (χ1n) is 12.6. The fraction of sp³-hybridized carbons (Fsp3) is 0.129. The molecule has 3 heterocycles. The van der Waals surface area contributed by atoms with E-state index in [4.69, 9.17) is 9.97 Å². The molecule has 2 aromatic carbocycles. The van der Waals surface area contributed by atoms with Gasteiger partial charge in [0.25, 0.3) is 0 Å². The molecule has 190 valence electrons. The molecule has 7 heteroatoms. The Morgan fingerprint density at radius 2 is 1.89 bits per heavy atom. The Balaban J connectivity index is 1.55. The molecule has 5 rings (SSSR count). The maximum atomic E-state index is 13.9. The van der Waals surface area contributed by atoms with E-state index in [1.807, 2.05) is 55.5 Å². The van der Waals surface area contributed by atoms with E-state index in [2.05, 4.69) is 40.6 Å². The van der Waals surface area contributed by atoms with Gasteiger partial charge in [0.15, 0.2) is 11.5 Å². The van der Waals surface area contributed by atoms with E-state index in [1.165, 1.54) is 12.1 Å². The number of pyridine rings is 1. The zero-order valence-corrected chi connectivity index (χ0v) is 21.5. The highest BCUT2D eigenvalue weighted by atomic mass is 19.1. The van der Waals surface area contributed by atoms with E-state index >= 15 is 0 Å². The quantitative estimate of drug-likeness (QED) is 0.180. The molecule has 0 aliphatic carbocycles. The molecular formula is C31H29FN6. The van der Waals surface area contributed by atoms with Crippen molar-refractivity contribution in [3.8, 4) is 22.6 Å². The van der Waals surface area contributed by atoms with Gasteiger partial charge < -0.3 is 10.3 Å². The van der Waals surface area contributed by atoms with E-state index < -0.39 is 0 Å². The van der Waals surface area contributed by atoms with Crippen molar-refractivity contribution in [1.82, 2.24) is 30.5 Å². The van der Waals surface area contributed by atoms with Crippen LogP contribution in [0, 0.1) is 5.82 Å². The minimum Gasteiger partial charge on any atom is -0.359 e. The topological polar surface area (TPSA) is 82.3 Å². The van der Waals surface area contributed by atoms with Crippen LogP contribution in [0.1, 0.15) is 32.4 Å². The lowest BCUT2D eigenvalue weighted by molar-refractivity contribution is 0.628. The summed E-state index contributed by atoms with van der Waals surface area (Å²) >= 11 is 0. The molecule has 0 fully saturated rings. The highest BCUT2D eigenvalue weighted by molar-refractivity contribution is 5.96. The smallest absolute Gasteiger partial charge is 0.161 e. The van der Waals surface area contributed by atoms with Crippen molar-refractivity contribution in [2.24, 2.45) is 0 Å². The number of aromatic nitrogens is 5.